The SMILES string of the molecule is CCOc1ccc(C(=O)CSc2nc3cc(C(=O)NC[C@H]4CCCO4)ccc3c(=O)n2Cc2ccccc2)cc1. The lowest BCUT2D eigenvalue weighted by atomic mass is 10.1. The molecule has 1 atom stereocenters. The van der Waals surface area contributed by atoms with E-state index in [0.717, 1.165) is 25.0 Å². The molecule has 0 radical (unpaired) electrons. The lowest BCUT2D eigenvalue weighted by Crippen LogP contribution is -2.31. The number of Topliss-reactive ketones (excluding diaryl/α,β-unsaturated/α-hetero) is 1. The van der Waals surface area contributed by atoms with Crippen molar-refractivity contribution in [3.8, 4) is 5.75 Å². The summed E-state index contributed by atoms with van der Waals surface area (Å²) in [6, 6.07) is 21.6. The fourth-order valence-electron chi connectivity index (χ4n) is 4.59. The molecule has 206 valence electrons. The summed E-state index contributed by atoms with van der Waals surface area (Å²) < 4.78 is 12.6. The minimum Gasteiger partial charge on any atom is -0.494 e. The van der Waals surface area contributed by atoms with Crippen molar-refractivity contribution in [1.82, 2.24) is 14.9 Å². The van der Waals surface area contributed by atoms with E-state index in [1.54, 1.807) is 47.0 Å². The van der Waals surface area contributed by atoms with E-state index in [9.17, 15) is 14.4 Å². The Morgan fingerprint density at radius 3 is 2.58 bits per heavy atom. The van der Waals surface area contributed by atoms with E-state index < -0.39 is 0 Å². The summed E-state index contributed by atoms with van der Waals surface area (Å²) in [4.78, 5) is 44.2. The van der Waals surface area contributed by atoms with Crippen LogP contribution in [0.5, 0.6) is 5.75 Å². The first-order valence-electron chi connectivity index (χ1n) is 13.4. The molecule has 5 rings (SSSR count). The summed E-state index contributed by atoms with van der Waals surface area (Å²) >= 11 is 1.21. The molecule has 0 aliphatic carbocycles. The second-order valence-corrected chi connectivity index (χ2v) is 10.5. The molecular weight excluding hydrogens is 526 g/mol. The van der Waals surface area contributed by atoms with Crippen molar-refractivity contribution in [1.29, 1.82) is 0 Å². The quantitative estimate of drug-likeness (QED) is 0.162. The van der Waals surface area contributed by atoms with Crippen LogP contribution >= 0.6 is 11.8 Å². The van der Waals surface area contributed by atoms with Gasteiger partial charge in [-0.2, -0.15) is 0 Å². The molecule has 1 aliphatic rings. The van der Waals surface area contributed by atoms with Gasteiger partial charge in [-0.05, 0) is 67.8 Å². The number of thioether (sulfide) groups is 1. The molecule has 1 fully saturated rings. The van der Waals surface area contributed by atoms with Crippen LogP contribution in [-0.2, 0) is 11.3 Å². The zero-order valence-electron chi connectivity index (χ0n) is 22.3. The maximum absolute atomic E-state index is 13.6. The number of nitrogens with zero attached hydrogens (tertiary/aromatic N) is 2. The second-order valence-electron chi connectivity index (χ2n) is 9.52. The first-order valence-corrected chi connectivity index (χ1v) is 14.4. The number of hydrogen-bond donors (Lipinski definition) is 1. The third-order valence-electron chi connectivity index (χ3n) is 6.70. The van der Waals surface area contributed by atoms with Gasteiger partial charge < -0.3 is 14.8 Å². The van der Waals surface area contributed by atoms with Crippen LogP contribution in [-0.4, -0.2) is 52.9 Å². The monoisotopic (exact) mass is 557 g/mol. The fourth-order valence-corrected chi connectivity index (χ4v) is 5.48. The number of amides is 1. The molecule has 1 amide bonds. The Labute approximate surface area is 236 Å². The third kappa shape index (κ3) is 6.60. The summed E-state index contributed by atoms with van der Waals surface area (Å²) in [5.74, 6) is 0.473. The number of aromatic nitrogens is 2. The highest BCUT2D eigenvalue weighted by Crippen LogP contribution is 2.22. The van der Waals surface area contributed by atoms with Crippen molar-refractivity contribution in [3.63, 3.8) is 0 Å². The molecule has 4 aromatic rings. The maximum atomic E-state index is 13.6. The Balaban J connectivity index is 1.41. The number of fused-ring (bicyclic) bond motifs is 1. The normalized spacial score (nSPS) is 14.8. The lowest BCUT2D eigenvalue weighted by Gasteiger charge is -2.14. The number of carbonyl (C=O) groups excluding carboxylic acids is 2. The zero-order valence-corrected chi connectivity index (χ0v) is 23.1. The van der Waals surface area contributed by atoms with Crippen molar-refractivity contribution < 1.29 is 19.1 Å². The van der Waals surface area contributed by atoms with Gasteiger partial charge in [0.25, 0.3) is 11.5 Å². The minimum absolute atomic E-state index is 0.0311. The van der Waals surface area contributed by atoms with Gasteiger partial charge >= 0.3 is 0 Å². The summed E-state index contributed by atoms with van der Waals surface area (Å²) in [6.45, 7) is 3.93. The average molecular weight is 558 g/mol. The lowest BCUT2D eigenvalue weighted by molar-refractivity contribution is 0.0857. The average Bonchev–Trinajstić information content (AvgIpc) is 3.51. The molecule has 1 saturated heterocycles. The number of ketones is 1. The Morgan fingerprint density at radius 2 is 1.85 bits per heavy atom. The van der Waals surface area contributed by atoms with Crippen LogP contribution in [0.4, 0.5) is 0 Å². The van der Waals surface area contributed by atoms with E-state index in [0.29, 0.717) is 52.6 Å². The minimum atomic E-state index is -0.243. The molecule has 2 heterocycles. The molecule has 40 heavy (non-hydrogen) atoms. The van der Waals surface area contributed by atoms with E-state index in [1.165, 1.54) is 11.8 Å². The number of nitrogens with one attached hydrogen (secondary N) is 1. The van der Waals surface area contributed by atoms with Crippen molar-refractivity contribution >= 4 is 34.4 Å². The van der Waals surface area contributed by atoms with Crippen molar-refractivity contribution in [2.75, 3.05) is 25.5 Å². The van der Waals surface area contributed by atoms with Gasteiger partial charge in [-0.25, -0.2) is 4.98 Å². The van der Waals surface area contributed by atoms with Crippen LogP contribution < -0.4 is 15.6 Å². The van der Waals surface area contributed by atoms with E-state index in [2.05, 4.69) is 5.32 Å². The molecule has 9 heteroatoms. The van der Waals surface area contributed by atoms with Gasteiger partial charge in [-0.3, -0.25) is 19.0 Å². The Bertz CT molecular complexity index is 1550. The summed E-state index contributed by atoms with van der Waals surface area (Å²) in [5, 5.41) is 3.74. The van der Waals surface area contributed by atoms with Gasteiger partial charge in [0.05, 0.1) is 35.9 Å². The van der Waals surface area contributed by atoms with E-state index in [4.69, 9.17) is 14.5 Å². The number of rotatable bonds is 11. The van der Waals surface area contributed by atoms with Crippen LogP contribution in [0.15, 0.2) is 82.7 Å². The molecule has 1 aliphatic heterocycles. The molecule has 0 spiro atoms. The third-order valence-corrected chi connectivity index (χ3v) is 7.68. The molecule has 0 saturated carbocycles. The fraction of sp³-hybridized carbons (Fsp3) is 0.290. The van der Waals surface area contributed by atoms with Crippen molar-refractivity contribution in [3.05, 3.63) is 99.8 Å². The number of hydrogen-bond acceptors (Lipinski definition) is 7. The van der Waals surface area contributed by atoms with Gasteiger partial charge in [-0.1, -0.05) is 42.1 Å². The summed E-state index contributed by atoms with van der Waals surface area (Å²) in [6.07, 6.45) is 1.96. The zero-order chi connectivity index (χ0) is 27.9. The van der Waals surface area contributed by atoms with Gasteiger partial charge in [0, 0.05) is 24.3 Å². The van der Waals surface area contributed by atoms with Gasteiger partial charge in [0.1, 0.15) is 5.75 Å². The van der Waals surface area contributed by atoms with Crippen LogP contribution in [0.1, 0.15) is 46.0 Å². The second kappa shape index (κ2) is 12.9. The summed E-state index contributed by atoms with van der Waals surface area (Å²) in [7, 11) is 0. The highest BCUT2D eigenvalue weighted by molar-refractivity contribution is 7.99. The highest BCUT2D eigenvalue weighted by atomic mass is 32.2. The first-order chi connectivity index (χ1) is 19.5. The molecule has 0 bridgehead atoms. The van der Waals surface area contributed by atoms with Crippen molar-refractivity contribution in [2.45, 2.75) is 37.6 Å². The van der Waals surface area contributed by atoms with E-state index in [1.807, 2.05) is 37.3 Å². The van der Waals surface area contributed by atoms with E-state index >= 15 is 0 Å². The van der Waals surface area contributed by atoms with E-state index in [-0.39, 0.29) is 29.1 Å². The molecule has 3 aromatic carbocycles. The molecule has 0 unspecified atom stereocenters. The number of carbonyl (C=O) groups is 2. The molecular formula is C31H31N3O5S. The molecule has 8 nitrogen and oxygen atoms in total. The Kier molecular flexibility index (Phi) is 8.93. The number of ether oxygens (including phenoxy) is 2. The van der Waals surface area contributed by atoms with Crippen LogP contribution in [0.3, 0.4) is 0 Å². The maximum Gasteiger partial charge on any atom is 0.262 e. The largest absolute Gasteiger partial charge is 0.494 e. The first kappa shape index (κ1) is 27.6. The standard InChI is InChI=1S/C31H31N3O5S/c1-2-38-24-13-10-22(11-14-24)28(35)20-40-31-33-27-17-23(29(36)32-18-25-9-6-16-39-25)12-15-26(27)30(37)34(31)19-21-7-4-3-5-8-21/h3-5,7-8,10-15,17,25H,2,6,9,16,18-20H2,1H3,(H,32,36)/t25-/m1/s1. The van der Waals surface area contributed by atoms with Crippen LogP contribution in [0.25, 0.3) is 10.9 Å². The predicted octanol–water partition coefficient (Wildman–Crippen LogP) is 4.73. The highest BCUT2D eigenvalue weighted by Gasteiger charge is 2.19. The molecule has 1 N–H and O–H groups in total. The van der Waals surface area contributed by atoms with Gasteiger partial charge in [-0.15, -0.1) is 0 Å². The number of benzene rings is 3. The van der Waals surface area contributed by atoms with Gasteiger partial charge in [0.2, 0.25) is 0 Å². The molecule has 1 aromatic heterocycles. The van der Waals surface area contributed by atoms with Gasteiger partial charge in [0.15, 0.2) is 10.9 Å². The Morgan fingerprint density at radius 1 is 1.07 bits per heavy atom. The van der Waals surface area contributed by atoms with Crippen LogP contribution in [0, 0.1) is 0 Å². The Hall–Kier alpha value is -3.95. The summed E-state index contributed by atoms with van der Waals surface area (Å²) in [5.41, 5.74) is 2.10. The van der Waals surface area contributed by atoms with Crippen LogP contribution in [0.2, 0.25) is 0 Å². The topological polar surface area (TPSA) is 99.5 Å². The predicted molar refractivity (Wildman–Crippen MR) is 156 cm³/mol. The van der Waals surface area contributed by atoms with Crippen molar-refractivity contribution in [2.24, 2.45) is 0 Å². The smallest absolute Gasteiger partial charge is 0.262 e.